The summed E-state index contributed by atoms with van der Waals surface area (Å²) in [6.45, 7) is 4.45. The highest BCUT2D eigenvalue weighted by molar-refractivity contribution is 5.89. The standard InChI is InChI=1S/C15H21N5O/c1-10(16-3)12-4-6-14(7-5-12)19-15(21)17-8-13-9-18-20-11(13)2/h4-7,9-10,16H,8H2,1-3H3,(H,18,20)(H2,17,19,21). The van der Waals surface area contributed by atoms with E-state index in [1.165, 1.54) is 5.56 Å². The van der Waals surface area contributed by atoms with Gasteiger partial charge in [-0.05, 0) is 38.6 Å². The van der Waals surface area contributed by atoms with Gasteiger partial charge < -0.3 is 16.0 Å². The molecule has 0 aliphatic carbocycles. The number of hydrogen-bond acceptors (Lipinski definition) is 3. The van der Waals surface area contributed by atoms with E-state index in [-0.39, 0.29) is 12.1 Å². The molecule has 2 aromatic rings. The van der Waals surface area contributed by atoms with Crippen molar-refractivity contribution in [2.75, 3.05) is 12.4 Å². The van der Waals surface area contributed by atoms with Gasteiger partial charge in [-0.3, -0.25) is 5.10 Å². The van der Waals surface area contributed by atoms with Crippen LogP contribution in [0.5, 0.6) is 0 Å². The molecule has 0 aliphatic heterocycles. The zero-order valence-corrected chi connectivity index (χ0v) is 12.5. The first kappa shape index (κ1) is 15.1. The molecule has 0 spiro atoms. The molecule has 4 N–H and O–H groups in total. The van der Waals surface area contributed by atoms with Crippen molar-refractivity contribution in [3.05, 3.63) is 47.3 Å². The highest BCUT2D eigenvalue weighted by atomic mass is 16.2. The normalized spacial score (nSPS) is 12.0. The molecule has 0 saturated carbocycles. The van der Waals surface area contributed by atoms with E-state index in [0.717, 1.165) is 16.9 Å². The molecular formula is C15H21N5O. The van der Waals surface area contributed by atoms with Crippen molar-refractivity contribution in [1.82, 2.24) is 20.8 Å². The molecule has 6 heteroatoms. The molecule has 21 heavy (non-hydrogen) atoms. The molecule has 1 unspecified atom stereocenters. The largest absolute Gasteiger partial charge is 0.334 e. The number of benzene rings is 1. The van der Waals surface area contributed by atoms with Gasteiger partial charge in [0.2, 0.25) is 0 Å². The quantitative estimate of drug-likeness (QED) is 0.681. The van der Waals surface area contributed by atoms with Crippen LogP contribution in [0.25, 0.3) is 0 Å². The number of nitrogens with zero attached hydrogens (tertiary/aromatic N) is 1. The second-order valence-corrected chi connectivity index (χ2v) is 4.96. The maximum Gasteiger partial charge on any atom is 0.319 e. The maximum absolute atomic E-state index is 11.8. The average Bonchev–Trinajstić information content (AvgIpc) is 2.90. The third kappa shape index (κ3) is 4.06. The Morgan fingerprint density at radius 3 is 2.62 bits per heavy atom. The fourth-order valence-electron chi connectivity index (χ4n) is 1.93. The second-order valence-electron chi connectivity index (χ2n) is 4.96. The zero-order chi connectivity index (χ0) is 15.2. The first-order chi connectivity index (χ1) is 10.1. The van der Waals surface area contributed by atoms with Gasteiger partial charge >= 0.3 is 6.03 Å². The summed E-state index contributed by atoms with van der Waals surface area (Å²) in [5.74, 6) is 0. The molecule has 2 amide bonds. The molecule has 0 saturated heterocycles. The van der Waals surface area contributed by atoms with Crippen molar-refractivity contribution in [3.63, 3.8) is 0 Å². The summed E-state index contributed by atoms with van der Waals surface area (Å²) < 4.78 is 0. The Kier molecular flexibility index (Phi) is 4.94. The Morgan fingerprint density at radius 1 is 1.33 bits per heavy atom. The van der Waals surface area contributed by atoms with E-state index in [9.17, 15) is 4.79 Å². The molecular weight excluding hydrogens is 266 g/mol. The lowest BCUT2D eigenvalue weighted by atomic mass is 10.1. The van der Waals surface area contributed by atoms with Gasteiger partial charge in [-0.2, -0.15) is 5.10 Å². The number of nitrogens with one attached hydrogen (secondary N) is 4. The van der Waals surface area contributed by atoms with Crippen LogP contribution in [0, 0.1) is 6.92 Å². The molecule has 0 fully saturated rings. The highest BCUT2D eigenvalue weighted by Crippen LogP contribution is 2.15. The van der Waals surface area contributed by atoms with Crippen molar-refractivity contribution >= 4 is 11.7 Å². The Hall–Kier alpha value is -2.34. The number of H-pyrrole nitrogens is 1. The predicted octanol–water partition coefficient (Wildman–Crippen LogP) is 2.32. The van der Waals surface area contributed by atoms with Gasteiger partial charge in [0.1, 0.15) is 0 Å². The Balaban J connectivity index is 1.86. The van der Waals surface area contributed by atoms with Gasteiger partial charge in [0.25, 0.3) is 0 Å². The number of aromatic amines is 1. The van der Waals surface area contributed by atoms with Gasteiger partial charge in [0.05, 0.1) is 6.20 Å². The Labute approximate surface area is 124 Å². The average molecular weight is 287 g/mol. The van der Waals surface area contributed by atoms with Crippen LogP contribution in [0.15, 0.2) is 30.5 Å². The first-order valence-electron chi connectivity index (χ1n) is 6.91. The summed E-state index contributed by atoms with van der Waals surface area (Å²) >= 11 is 0. The number of aryl methyl sites for hydroxylation is 1. The minimum absolute atomic E-state index is 0.231. The monoisotopic (exact) mass is 287 g/mol. The van der Waals surface area contributed by atoms with Gasteiger partial charge in [0, 0.05) is 29.5 Å². The van der Waals surface area contributed by atoms with Gasteiger partial charge in [0.15, 0.2) is 0 Å². The lowest BCUT2D eigenvalue weighted by Crippen LogP contribution is -2.28. The van der Waals surface area contributed by atoms with Crippen molar-refractivity contribution in [2.24, 2.45) is 0 Å². The summed E-state index contributed by atoms with van der Waals surface area (Å²) in [4.78, 5) is 11.8. The summed E-state index contributed by atoms with van der Waals surface area (Å²) in [6.07, 6.45) is 1.71. The molecule has 2 rings (SSSR count). The zero-order valence-electron chi connectivity index (χ0n) is 12.5. The SMILES string of the molecule is CNC(C)c1ccc(NC(=O)NCc2cn[nH]c2C)cc1. The summed E-state index contributed by atoms with van der Waals surface area (Å²) in [5, 5.41) is 15.5. The number of aromatic nitrogens is 2. The predicted molar refractivity (Wildman–Crippen MR) is 83.1 cm³/mol. The number of carbonyl (C=O) groups excluding carboxylic acids is 1. The molecule has 0 radical (unpaired) electrons. The molecule has 6 nitrogen and oxygen atoms in total. The van der Waals surface area contributed by atoms with Crippen molar-refractivity contribution in [2.45, 2.75) is 26.4 Å². The summed E-state index contributed by atoms with van der Waals surface area (Å²) in [6, 6.07) is 7.84. The van der Waals surface area contributed by atoms with Crippen molar-refractivity contribution < 1.29 is 4.79 Å². The van der Waals surface area contributed by atoms with Crippen LogP contribution in [-0.2, 0) is 6.54 Å². The van der Waals surface area contributed by atoms with E-state index < -0.39 is 0 Å². The number of urea groups is 1. The molecule has 0 bridgehead atoms. The molecule has 112 valence electrons. The Morgan fingerprint density at radius 2 is 2.05 bits per heavy atom. The molecule has 1 aromatic carbocycles. The topological polar surface area (TPSA) is 81.8 Å². The van der Waals surface area contributed by atoms with E-state index in [0.29, 0.717) is 6.54 Å². The van der Waals surface area contributed by atoms with Crippen molar-refractivity contribution in [1.29, 1.82) is 0 Å². The molecule has 1 heterocycles. The first-order valence-corrected chi connectivity index (χ1v) is 6.91. The lowest BCUT2D eigenvalue weighted by Gasteiger charge is -2.12. The number of rotatable bonds is 5. The van der Waals surface area contributed by atoms with E-state index in [1.54, 1.807) is 6.20 Å². The van der Waals surface area contributed by atoms with E-state index in [4.69, 9.17) is 0 Å². The van der Waals surface area contributed by atoms with Gasteiger partial charge in [-0.1, -0.05) is 12.1 Å². The number of anilines is 1. The number of hydrogen-bond donors (Lipinski definition) is 4. The lowest BCUT2D eigenvalue weighted by molar-refractivity contribution is 0.251. The molecule has 0 aliphatic rings. The van der Waals surface area contributed by atoms with Crippen LogP contribution < -0.4 is 16.0 Å². The maximum atomic E-state index is 11.8. The van der Waals surface area contributed by atoms with Crippen LogP contribution in [-0.4, -0.2) is 23.3 Å². The fraction of sp³-hybridized carbons (Fsp3) is 0.333. The second kappa shape index (κ2) is 6.90. The molecule has 1 aromatic heterocycles. The van der Waals surface area contributed by atoms with E-state index >= 15 is 0 Å². The Bertz CT molecular complexity index is 590. The van der Waals surface area contributed by atoms with Crippen LogP contribution in [0.3, 0.4) is 0 Å². The van der Waals surface area contributed by atoms with E-state index in [2.05, 4.69) is 33.1 Å². The van der Waals surface area contributed by atoms with Crippen LogP contribution >= 0.6 is 0 Å². The van der Waals surface area contributed by atoms with E-state index in [1.807, 2.05) is 38.2 Å². The minimum atomic E-state index is -0.231. The third-order valence-electron chi connectivity index (χ3n) is 3.48. The smallest absolute Gasteiger partial charge is 0.319 e. The number of amides is 2. The summed E-state index contributed by atoms with van der Waals surface area (Å²) in [7, 11) is 1.92. The fourth-order valence-corrected chi connectivity index (χ4v) is 1.93. The van der Waals surface area contributed by atoms with Crippen LogP contribution in [0.4, 0.5) is 10.5 Å². The van der Waals surface area contributed by atoms with Gasteiger partial charge in [-0.15, -0.1) is 0 Å². The third-order valence-corrected chi connectivity index (χ3v) is 3.48. The van der Waals surface area contributed by atoms with Crippen LogP contribution in [0.2, 0.25) is 0 Å². The number of carbonyl (C=O) groups is 1. The molecule has 1 atom stereocenters. The highest BCUT2D eigenvalue weighted by Gasteiger charge is 2.06. The van der Waals surface area contributed by atoms with Gasteiger partial charge in [-0.25, -0.2) is 4.79 Å². The van der Waals surface area contributed by atoms with Crippen molar-refractivity contribution in [3.8, 4) is 0 Å². The van der Waals surface area contributed by atoms with Crippen LogP contribution in [0.1, 0.15) is 29.8 Å². The summed E-state index contributed by atoms with van der Waals surface area (Å²) in [5.41, 5.74) is 3.88. The minimum Gasteiger partial charge on any atom is -0.334 e.